The highest BCUT2D eigenvalue weighted by molar-refractivity contribution is 5.81. The van der Waals surface area contributed by atoms with Gasteiger partial charge in [0.2, 0.25) is 0 Å². The molecule has 0 aromatic rings. The lowest BCUT2D eigenvalue weighted by Gasteiger charge is -2.19. The van der Waals surface area contributed by atoms with Gasteiger partial charge in [-0.2, -0.15) is 0 Å². The quantitative estimate of drug-likeness (QED) is 0.613. The van der Waals surface area contributed by atoms with Gasteiger partial charge in [-0.05, 0) is 25.7 Å². The third kappa shape index (κ3) is 4.23. The van der Waals surface area contributed by atoms with Crippen LogP contribution in [0.15, 0.2) is 0 Å². The lowest BCUT2D eigenvalue weighted by Crippen LogP contribution is -2.20. The smallest absolute Gasteiger partial charge is 0.136 e. The number of ketones is 1. The monoisotopic (exact) mass is 198 g/mol. The summed E-state index contributed by atoms with van der Waals surface area (Å²) in [6.07, 6.45) is 7.50. The van der Waals surface area contributed by atoms with Crippen molar-refractivity contribution in [2.24, 2.45) is 5.92 Å². The number of Topliss-reactive ketones (excluding diaryl/α,β-unsaturated/α-hetero) is 1. The number of hydrogen-bond acceptors (Lipinski definition) is 2. The summed E-state index contributed by atoms with van der Waals surface area (Å²) in [5, 5.41) is 0. The fourth-order valence-corrected chi connectivity index (χ4v) is 1.93. The molecule has 1 aliphatic carbocycles. The van der Waals surface area contributed by atoms with E-state index in [1.807, 2.05) is 0 Å². The van der Waals surface area contributed by atoms with Crippen molar-refractivity contribution in [3.05, 3.63) is 0 Å². The van der Waals surface area contributed by atoms with E-state index in [0.29, 0.717) is 11.7 Å². The highest BCUT2D eigenvalue weighted by Crippen LogP contribution is 2.23. The Bertz CT molecular complexity index is 166. The van der Waals surface area contributed by atoms with E-state index in [1.54, 1.807) is 0 Å². The number of hydrogen-bond donors (Lipinski definition) is 0. The topological polar surface area (TPSA) is 26.3 Å². The van der Waals surface area contributed by atoms with E-state index >= 15 is 0 Å². The van der Waals surface area contributed by atoms with Crippen molar-refractivity contribution in [2.45, 2.75) is 51.9 Å². The number of ether oxygens (including phenoxy) is 1. The van der Waals surface area contributed by atoms with E-state index in [0.717, 1.165) is 45.3 Å². The Morgan fingerprint density at radius 3 is 2.93 bits per heavy atom. The predicted octanol–water partition coefficient (Wildman–Crippen LogP) is 2.95. The fraction of sp³-hybridized carbons (Fsp3) is 0.917. The van der Waals surface area contributed by atoms with Gasteiger partial charge in [0.1, 0.15) is 5.78 Å². The van der Waals surface area contributed by atoms with E-state index in [9.17, 15) is 4.79 Å². The van der Waals surface area contributed by atoms with Crippen LogP contribution in [0.1, 0.15) is 51.9 Å². The molecule has 14 heavy (non-hydrogen) atoms. The second-order valence-electron chi connectivity index (χ2n) is 4.16. The molecule has 1 unspecified atom stereocenters. The van der Waals surface area contributed by atoms with Crippen LogP contribution in [-0.4, -0.2) is 19.0 Å². The first-order chi connectivity index (χ1) is 6.84. The zero-order valence-electron chi connectivity index (χ0n) is 9.26. The van der Waals surface area contributed by atoms with Crippen molar-refractivity contribution in [1.29, 1.82) is 0 Å². The standard InChI is InChI=1S/C12H22O2/c1-2-3-9-14-10-8-11-6-4-5-7-12(11)13/h11H,2-10H2,1H3. The Hall–Kier alpha value is -0.370. The van der Waals surface area contributed by atoms with Crippen LogP contribution in [0.4, 0.5) is 0 Å². The largest absolute Gasteiger partial charge is 0.381 e. The molecule has 1 atom stereocenters. The molecule has 0 bridgehead atoms. The number of carbonyl (C=O) groups is 1. The summed E-state index contributed by atoms with van der Waals surface area (Å²) < 4.78 is 5.47. The molecule has 0 aromatic carbocycles. The van der Waals surface area contributed by atoms with Crippen LogP contribution < -0.4 is 0 Å². The van der Waals surface area contributed by atoms with Crippen molar-refractivity contribution in [1.82, 2.24) is 0 Å². The lowest BCUT2D eigenvalue weighted by molar-refractivity contribution is -0.125. The SMILES string of the molecule is CCCCOCCC1CCCCC1=O. The summed E-state index contributed by atoms with van der Waals surface area (Å²) in [6, 6.07) is 0. The summed E-state index contributed by atoms with van der Waals surface area (Å²) in [6.45, 7) is 3.79. The Morgan fingerprint density at radius 2 is 2.21 bits per heavy atom. The highest BCUT2D eigenvalue weighted by Gasteiger charge is 2.21. The predicted molar refractivity (Wildman–Crippen MR) is 57.3 cm³/mol. The fourth-order valence-electron chi connectivity index (χ4n) is 1.93. The maximum absolute atomic E-state index is 11.5. The summed E-state index contributed by atoms with van der Waals surface area (Å²) in [7, 11) is 0. The van der Waals surface area contributed by atoms with Crippen molar-refractivity contribution in [3.63, 3.8) is 0 Å². The first kappa shape index (κ1) is 11.7. The molecule has 82 valence electrons. The maximum atomic E-state index is 11.5. The molecular formula is C12H22O2. The van der Waals surface area contributed by atoms with Crippen molar-refractivity contribution in [3.8, 4) is 0 Å². The molecule has 2 nitrogen and oxygen atoms in total. The zero-order chi connectivity index (χ0) is 10.2. The molecule has 0 N–H and O–H groups in total. The molecule has 0 aliphatic heterocycles. The Balaban J connectivity index is 2.02. The molecule has 1 saturated carbocycles. The zero-order valence-corrected chi connectivity index (χ0v) is 9.26. The summed E-state index contributed by atoms with van der Waals surface area (Å²) in [4.78, 5) is 11.5. The molecular weight excluding hydrogens is 176 g/mol. The minimum Gasteiger partial charge on any atom is -0.381 e. The van der Waals surface area contributed by atoms with Gasteiger partial charge in [-0.15, -0.1) is 0 Å². The highest BCUT2D eigenvalue weighted by atomic mass is 16.5. The number of carbonyl (C=O) groups excluding carboxylic acids is 1. The second-order valence-corrected chi connectivity index (χ2v) is 4.16. The van der Waals surface area contributed by atoms with Gasteiger partial charge in [-0.25, -0.2) is 0 Å². The average molecular weight is 198 g/mol. The third-order valence-electron chi connectivity index (χ3n) is 2.93. The van der Waals surface area contributed by atoms with Crippen LogP contribution in [0.25, 0.3) is 0 Å². The molecule has 2 heteroatoms. The van der Waals surface area contributed by atoms with Gasteiger partial charge in [-0.3, -0.25) is 4.79 Å². The molecule has 0 saturated heterocycles. The molecule has 0 amide bonds. The van der Waals surface area contributed by atoms with Gasteiger partial charge in [-0.1, -0.05) is 19.8 Å². The van der Waals surface area contributed by atoms with E-state index in [4.69, 9.17) is 4.74 Å². The molecule has 1 rings (SSSR count). The molecule has 1 aliphatic rings. The Morgan fingerprint density at radius 1 is 1.36 bits per heavy atom. The second kappa shape index (κ2) is 6.99. The molecule has 0 aromatic heterocycles. The van der Waals surface area contributed by atoms with Crippen LogP contribution in [0.2, 0.25) is 0 Å². The van der Waals surface area contributed by atoms with Gasteiger partial charge in [0.05, 0.1) is 0 Å². The third-order valence-corrected chi connectivity index (χ3v) is 2.93. The molecule has 0 heterocycles. The van der Waals surface area contributed by atoms with E-state index in [1.165, 1.54) is 12.8 Å². The van der Waals surface area contributed by atoms with Crippen LogP contribution in [0.3, 0.4) is 0 Å². The summed E-state index contributed by atoms with van der Waals surface area (Å²) in [5.41, 5.74) is 0. The first-order valence-corrected chi connectivity index (χ1v) is 5.95. The lowest BCUT2D eigenvalue weighted by atomic mass is 9.86. The van der Waals surface area contributed by atoms with E-state index in [-0.39, 0.29) is 0 Å². The normalized spacial score (nSPS) is 22.6. The van der Waals surface area contributed by atoms with E-state index < -0.39 is 0 Å². The summed E-state index contributed by atoms with van der Waals surface area (Å²) >= 11 is 0. The number of unbranched alkanes of at least 4 members (excludes halogenated alkanes) is 1. The average Bonchev–Trinajstić information content (AvgIpc) is 2.20. The molecule has 0 radical (unpaired) electrons. The number of rotatable bonds is 6. The van der Waals surface area contributed by atoms with Crippen molar-refractivity contribution >= 4 is 5.78 Å². The van der Waals surface area contributed by atoms with Crippen LogP contribution in [-0.2, 0) is 9.53 Å². The minimum absolute atomic E-state index is 0.311. The minimum atomic E-state index is 0.311. The van der Waals surface area contributed by atoms with Crippen molar-refractivity contribution in [2.75, 3.05) is 13.2 Å². The van der Waals surface area contributed by atoms with Gasteiger partial charge in [0.25, 0.3) is 0 Å². The van der Waals surface area contributed by atoms with Crippen LogP contribution in [0, 0.1) is 5.92 Å². The van der Waals surface area contributed by atoms with Crippen LogP contribution in [0.5, 0.6) is 0 Å². The van der Waals surface area contributed by atoms with Gasteiger partial charge < -0.3 is 4.74 Å². The molecule has 0 spiro atoms. The van der Waals surface area contributed by atoms with Crippen LogP contribution >= 0.6 is 0 Å². The Labute approximate surface area is 87.0 Å². The first-order valence-electron chi connectivity index (χ1n) is 5.95. The van der Waals surface area contributed by atoms with Gasteiger partial charge >= 0.3 is 0 Å². The molecule has 1 fully saturated rings. The van der Waals surface area contributed by atoms with Gasteiger partial charge in [0, 0.05) is 25.6 Å². The van der Waals surface area contributed by atoms with E-state index in [2.05, 4.69) is 6.92 Å². The summed E-state index contributed by atoms with van der Waals surface area (Å²) in [5.74, 6) is 0.778. The van der Waals surface area contributed by atoms with Crippen molar-refractivity contribution < 1.29 is 9.53 Å². The van der Waals surface area contributed by atoms with Gasteiger partial charge in [0.15, 0.2) is 0 Å². The maximum Gasteiger partial charge on any atom is 0.136 e. The Kier molecular flexibility index (Phi) is 5.85.